The van der Waals surface area contributed by atoms with Crippen LogP contribution in [0.15, 0.2) is 30.5 Å². The maximum absolute atomic E-state index is 11.1. The normalized spacial score (nSPS) is 10.5. The molecule has 2 rings (SSSR count). The molecule has 4 N–H and O–H groups in total. The number of primary amides is 1. The first kappa shape index (κ1) is 9.61. The van der Waals surface area contributed by atoms with Gasteiger partial charge in [-0.1, -0.05) is 12.1 Å². The van der Waals surface area contributed by atoms with Crippen LogP contribution in [0.4, 0.5) is 0 Å². The first-order valence-corrected chi connectivity index (χ1v) is 4.46. The molecule has 2 aromatic rings. The van der Waals surface area contributed by atoms with Crippen molar-refractivity contribution in [2.45, 2.75) is 0 Å². The van der Waals surface area contributed by atoms with Crippen LogP contribution in [0.5, 0.6) is 0 Å². The number of hydrogen-bond donors (Lipinski definition) is 2. The predicted molar refractivity (Wildman–Crippen MR) is 57.9 cm³/mol. The third kappa shape index (κ3) is 1.67. The molecular weight excluding hydrogens is 190 g/mol. The fraction of sp³-hybridized carbons (Fsp3) is 0. The maximum Gasteiger partial charge on any atom is 0.267 e. The standard InChI is InChI=1S/C11H10N3O/c12-6-7-1-2-9-8(5-7)3-4-14-10(9)11(13)15/h1-6H,12H2,(H2,13,15). The molecule has 0 saturated carbocycles. The lowest BCUT2D eigenvalue weighted by molar-refractivity contribution is 0.0997. The highest BCUT2D eigenvalue weighted by molar-refractivity contribution is 6.04. The number of carbonyl (C=O) groups is 1. The Bertz CT molecular complexity index is 522. The summed E-state index contributed by atoms with van der Waals surface area (Å²) in [5.74, 6) is -0.523. The monoisotopic (exact) mass is 200 g/mol. The molecule has 1 aromatic heterocycles. The molecule has 1 amide bonds. The Morgan fingerprint density at radius 1 is 1.33 bits per heavy atom. The zero-order valence-electron chi connectivity index (χ0n) is 7.97. The first-order valence-electron chi connectivity index (χ1n) is 4.46. The summed E-state index contributed by atoms with van der Waals surface area (Å²) in [6.07, 6.45) is 1.56. The average Bonchev–Trinajstić information content (AvgIpc) is 2.27. The van der Waals surface area contributed by atoms with Crippen LogP contribution < -0.4 is 11.5 Å². The zero-order chi connectivity index (χ0) is 10.8. The lowest BCUT2D eigenvalue weighted by Gasteiger charge is -2.03. The second-order valence-electron chi connectivity index (χ2n) is 3.17. The minimum atomic E-state index is -0.523. The Kier molecular flexibility index (Phi) is 2.35. The van der Waals surface area contributed by atoms with E-state index in [1.165, 1.54) is 6.54 Å². The molecule has 0 aliphatic heterocycles. The van der Waals surface area contributed by atoms with E-state index in [2.05, 4.69) is 4.98 Å². The summed E-state index contributed by atoms with van der Waals surface area (Å²) in [6.45, 7) is 1.50. The summed E-state index contributed by atoms with van der Waals surface area (Å²) in [7, 11) is 0. The number of rotatable bonds is 2. The van der Waals surface area contributed by atoms with Crippen LogP contribution in [0.2, 0.25) is 0 Å². The Morgan fingerprint density at radius 3 is 2.80 bits per heavy atom. The quantitative estimate of drug-likeness (QED) is 0.752. The maximum atomic E-state index is 11.1. The van der Waals surface area contributed by atoms with Gasteiger partial charge in [0.2, 0.25) is 0 Å². The number of carbonyl (C=O) groups excluding carboxylic acids is 1. The number of fused-ring (bicyclic) bond motifs is 1. The Balaban J connectivity index is 2.72. The highest BCUT2D eigenvalue weighted by atomic mass is 16.1. The zero-order valence-corrected chi connectivity index (χ0v) is 7.97. The second kappa shape index (κ2) is 3.67. The number of nitrogens with zero attached hydrogens (tertiary/aromatic N) is 1. The van der Waals surface area contributed by atoms with Gasteiger partial charge >= 0.3 is 0 Å². The topological polar surface area (TPSA) is 82.0 Å². The van der Waals surface area contributed by atoms with Crippen LogP contribution in [0.25, 0.3) is 10.8 Å². The summed E-state index contributed by atoms with van der Waals surface area (Å²) in [4.78, 5) is 15.0. The van der Waals surface area contributed by atoms with Crippen LogP contribution in [0, 0.1) is 6.54 Å². The summed E-state index contributed by atoms with van der Waals surface area (Å²) < 4.78 is 0. The molecule has 0 saturated heterocycles. The van der Waals surface area contributed by atoms with Gasteiger partial charge in [-0.2, -0.15) is 0 Å². The fourth-order valence-corrected chi connectivity index (χ4v) is 1.50. The van der Waals surface area contributed by atoms with E-state index >= 15 is 0 Å². The SMILES string of the molecule is N[CH]c1ccc2c(C(N)=O)nccc2c1. The van der Waals surface area contributed by atoms with Crippen molar-refractivity contribution in [3.05, 3.63) is 48.3 Å². The molecule has 0 fully saturated rings. The van der Waals surface area contributed by atoms with Crippen molar-refractivity contribution in [3.8, 4) is 0 Å². The first-order chi connectivity index (χ1) is 7.22. The van der Waals surface area contributed by atoms with E-state index < -0.39 is 5.91 Å². The van der Waals surface area contributed by atoms with Crippen molar-refractivity contribution >= 4 is 16.7 Å². The van der Waals surface area contributed by atoms with Crippen LogP contribution >= 0.6 is 0 Å². The average molecular weight is 200 g/mol. The molecule has 75 valence electrons. The predicted octanol–water partition coefficient (Wildman–Crippen LogP) is 0.802. The van der Waals surface area contributed by atoms with Crippen molar-refractivity contribution in [3.63, 3.8) is 0 Å². The van der Waals surface area contributed by atoms with Crippen LogP contribution in [-0.2, 0) is 0 Å². The molecule has 0 spiro atoms. The highest BCUT2D eigenvalue weighted by Gasteiger charge is 2.07. The number of amides is 1. The van der Waals surface area contributed by atoms with Crippen molar-refractivity contribution in [2.24, 2.45) is 11.5 Å². The van der Waals surface area contributed by atoms with E-state index in [-0.39, 0.29) is 5.69 Å². The summed E-state index contributed by atoms with van der Waals surface area (Å²) in [5, 5.41) is 1.65. The van der Waals surface area contributed by atoms with Gasteiger partial charge < -0.3 is 11.5 Å². The van der Waals surface area contributed by atoms with Crippen molar-refractivity contribution < 1.29 is 4.79 Å². The van der Waals surface area contributed by atoms with Gasteiger partial charge in [-0.3, -0.25) is 9.78 Å². The summed E-state index contributed by atoms with van der Waals surface area (Å²) >= 11 is 0. The fourth-order valence-electron chi connectivity index (χ4n) is 1.50. The van der Waals surface area contributed by atoms with E-state index in [0.717, 1.165) is 16.3 Å². The Hall–Kier alpha value is -1.94. The number of benzene rings is 1. The van der Waals surface area contributed by atoms with E-state index in [0.29, 0.717) is 0 Å². The molecule has 4 nitrogen and oxygen atoms in total. The number of hydrogen-bond acceptors (Lipinski definition) is 3. The summed E-state index contributed by atoms with van der Waals surface area (Å²) in [6, 6.07) is 7.30. The molecule has 0 aliphatic rings. The van der Waals surface area contributed by atoms with Crippen molar-refractivity contribution in [2.75, 3.05) is 0 Å². The van der Waals surface area contributed by atoms with Gasteiger partial charge in [0.05, 0.1) is 0 Å². The minimum Gasteiger partial charge on any atom is -0.364 e. The number of nitrogens with two attached hydrogens (primary N) is 2. The highest BCUT2D eigenvalue weighted by Crippen LogP contribution is 2.18. The van der Waals surface area contributed by atoms with E-state index in [9.17, 15) is 4.79 Å². The molecule has 0 unspecified atom stereocenters. The van der Waals surface area contributed by atoms with Crippen molar-refractivity contribution in [1.29, 1.82) is 0 Å². The Morgan fingerprint density at radius 2 is 2.13 bits per heavy atom. The molecular formula is C11H10N3O. The van der Waals surface area contributed by atoms with Crippen LogP contribution in [0.3, 0.4) is 0 Å². The van der Waals surface area contributed by atoms with Crippen LogP contribution in [0.1, 0.15) is 16.1 Å². The summed E-state index contributed by atoms with van der Waals surface area (Å²) in [5.41, 5.74) is 11.8. The van der Waals surface area contributed by atoms with Gasteiger partial charge in [-0.15, -0.1) is 0 Å². The minimum absolute atomic E-state index is 0.288. The second-order valence-corrected chi connectivity index (χ2v) is 3.17. The van der Waals surface area contributed by atoms with Gasteiger partial charge in [0.25, 0.3) is 5.91 Å². The Labute approximate surface area is 86.9 Å². The van der Waals surface area contributed by atoms with E-state index in [4.69, 9.17) is 11.5 Å². The lowest BCUT2D eigenvalue weighted by atomic mass is 10.1. The lowest BCUT2D eigenvalue weighted by Crippen LogP contribution is -2.13. The number of aromatic nitrogens is 1. The molecule has 15 heavy (non-hydrogen) atoms. The van der Waals surface area contributed by atoms with Crippen molar-refractivity contribution in [1.82, 2.24) is 4.98 Å². The third-order valence-electron chi connectivity index (χ3n) is 2.21. The van der Waals surface area contributed by atoms with Crippen LogP contribution in [-0.4, -0.2) is 10.9 Å². The molecule has 1 aromatic carbocycles. The molecule has 4 heteroatoms. The van der Waals surface area contributed by atoms with Gasteiger partial charge in [0.15, 0.2) is 0 Å². The van der Waals surface area contributed by atoms with E-state index in [1.54, 1.807) is 12.3 Å². The van der Waals surface area contributed by atoms with Gasteiger partial charge in [0, 0.05) is 18.1 Å². The van der Waals surface area contributed by atoms with Gasteiger partial charge in [0.1, 0.15) is 5.69 Å². The molecule has 1 radical (unpaired) electrons. The molecule has 1 heterocycles. The molecule has 0 atom stereocenters. The molecule has 0 bridgehead atoms. The molecule has 0 aliphatic carbocycles. The number of pyridine rings is 1. The largest absolute Gasteiger partial charge is 0.364 e. The third-order valence-corrected chi connectivity index (χ3v) is 2.21. The van der Waals surface area contributed by atoms with Gasteiger partial charge in [-0.05, 0) is 23.1 Å². The van der Waals surface area contributed by atoms with Gasteiger partial charge in [-0.25, -0.2) is 0 Å². The smallest absolute Gasteiger partial charge is 0.267 e. The van der Waals surface area contributed by atoms with E-state index in [1.807, 2.05) is 18.2 Å².